The summed E-state index contributed by atoms with van der Waals surface area (Å²) in [4.78, 5) is 5.94. The lowest BCUT2D eigenvalue weighted by molar-refractivity contribution is 0.0295. The Hall–Kier alpha value is -0.450. The van der Waals surface area contributed by atoms with E-state index in [1.807, 2.05) is 11.3 Å². The minimum Gasteiger partial charge on any atom is -0.370 e. The fourth-order valence-electron chi connectivity index (χ4n) is 1.93. The number of aryl methyl sites for hydroxylation is 1. The summed E-state index contributed by atoms with van der Waals surface area (Å²) in [6, 6.07) is 0. The SMILES string of the molecule is Cc1nc(CC(C)C)sc1C1CNCCO1. The second-order valence-electron chi connectivity index (χ2n) is 4.72. The first-order chi connectivity index (χ1) is 7.66. The van der Waals surface area contributed by atoms with Crippen LogP contribution in [0.1, 0.15) is 35.5 Å². The number of aromatic nitrogens is 1. The average Bonchev–Trinajstić information content (AvgIpc) is 2.60. The van der Waals surface area contributed by atoms with Crippen molar-refractivity contribution in [2.75, 3.05) is 19.7 Å². The van der Waals surface area contributed by atoms with Gasteiger partial charge in [-0.1, -0.05) is 13.8 Å². The third kappa shape index (κ3) is 2.81. The molecule has 1 N–H and O–H groups in total. The number of rotatable bonds is 3. The molecule has 1 aromatic rings. The van der Waals surface area contributed by atoms with E-state index in [0.717, 1.165) is 31.8 Å². The summed E-state index contributed by atoms with van der Waals surface area (Å²) >= 11 is 1.82. The molecule has 3 nitrogen and oxygen atoms in total. The van der Waals surface area contributed by atoms with E-state index >= 15 is 0 Å². The van der Waals surface area contributed by atoms with Crippen LogP contribution < -0.4 is 5.32 Å². The maximum Gasteiger partial charge on any atom is 0.106 e. The summed E-state index contributed by atoms with van der Waals surface area (Å²) in [6.45, 7) is 9.25. The Labute approximate surface area is 101 Å². The molecule has 0 amide bonds. The zero-order valence-corrected chi connectivity index (χ0v) is 11.1. The van der Waals surface area contributed by atoms with Crippen molar-refractivity contribution in [3.8, 4) is 0 Å². The molecular weight excluding hydrogens is 220 g/mol. The Morgan fingerprint density at radius 2 is 2.38 bits per heavy atom. The van der Waals surface area contributed by atoms with Crippen molar-refractivity contribution in [2.24, 2.45) is 5.92 Å². The second-order valence-corrected chi connectivity index (χ2v) is 5.83. The predicted octanol–water partition coefficient (Wildman–Crippen LogP) is 2.31. The number of ether oxygens (including phenoxy) is 1. The molecule has 0 saturated carbocycles. The van der Waals surface area contributed by atoms with E-state index in [4.69, 9.17) is 4.74 Å². The van der Waals surface area contributed by atoms with E-state index in [0.29, 0.717) is 5.92 Å². The third-order valence-electron chi connectivity index (χ3n) is 2.68. The highest BCUT2D eigenvalue weighted by atomic mass is 32.1. The van der Waals surface area contributed by atoms with Gasteiger partial charge in [0.1, 0.15) is 6.10 Å². The summed E-state index contributed by atoms with van der Waals surface area (Å²) in [5.41, 5.74) is 1.15. The van der Waals surface area contributed by atoms with Gasteiger partial charge >= 0.3 is 0 Å². The number of nitrogens with zero attached hydrogens (tertiary/aromatic N) is 1. The van der Waals surface area contributed by atoms with Gasteiger partial charge in [0.2, 0.25) is 0 Å². The van der Waals surface area contributed by atoms with Crippen LogP contribution in [0.5, 0.6) is 0 Å². The molecule has 0 spiro atoms. The minimum atomic E-state index is 0.215. The summed E-state index contributed by atoms with van der Waals surface area (Å²) in [7, 11) is 0. The third-order valence-corrected chi connectivity index (χ3v) is 3.95. The van der Waals surface area contributed by atoms with Gasteiger partial charge in [0.25, 0.3) is 0 Å². The quantitative estimate of drug-likeness (QED) is 0.880. The smallest absolute Gasteiger partial charge is 0.106 e. The molecule has 0 radical (unpaired) electrons. The molecule has 1 aliphatic rings. The predicted molar refractivity (Wildman–Crippen MR) is 67.0 cm³/mol. The molecule has 4 heteroatoms. The molecular formula is C12H20N2OS. The van der Waals surface area contributed by atoms with Crippen LogP contribution in [0.2, 0.25) is 0 Å². The van der Waals surface area contributed by atoms with Gasteiger partial charge in [0.05, 0.1) is 22.2 Å². The Balaban J connectivity index is 2.10. The van der Waals surface area contributed by atoms with Gasteiger partial charge in [-0.05, 0) is 12.8 Å². The van der Waals surface area contributed by atoms with Crippen molar-refractivity contribution >= 4 is 11.3 Å². The van der Waals surface area contributed by atoms with Gasteiger partial charge in [-0.2, -0.15) is 0 Å². The minimum absolute atomic E-state index is 0.215. The molecule has 1 saturated heterocycles. The lowest BCUT2D eigenvalue weighted by atomic mass is 10.1. The van der Waals surface area contributed by atoms with Crippen LogP contribution in [-0.2, 0) is 11.2 Å². The van der Waals surface area contributed by atoms with Crippen LogP contribution >= 0.6 is 11.3 Å². The van der Waals surface area contributed by atoms with Crippen molar-refractivity contribution in [2.45, 2.75) is 33.3 Å². The normalized spacial score (nSPS) is 21.6. The Morgan fingerprint density at radius 1 is 1.56 bits per heavy atom. The number of hydrogen-bond donors (Lipinski definition) is 1. The van der Waals surface area contributed by atoms with E-state index in [1.165, 1.54) is 9.88 Å². The van der Waals surface area contributed by atoms with E-state index in [9.17, 15) is 0 Å². The highest BCUT2D eigenvalue weighted by Gasteiger charge is 2.21. The molecule has 16 heavy (non-hydrogen) atoms. The summed E-state index contributed by atoms with van der Waals surface area (Å²) in [5, 5.41) is 4.61. The Kier molecular flexibility index (Phi) is 3.95. The first-order valence-electron chi connectivity index (χ1n) is 5.95. The van der Waals surface area contributed by atoms with Crippen LogP contribution in [0, 0.1) is 12.8 Å². The highest BCUT2D eigenvalue weighted by Crippen LogP contribution is 2.29. The fourth-order valence-corrected chi connectivity index (χ4v) is 3.26. The van der Waals surface area contributed by atoms with Crippen LogP contribution in [0.4, 0.5) is 0 Å². The molecule has 1 atom stereocenters. The van der Waals surface area contributed by atoms with Gasteiger partial charge in [0, 0.05) is 19.5 Å². The van der Waals surface area contributed by atoms with Crippen LogP contribution in [-0.4, -0.2) is 24.7 Å². The standard InChI is InChI=1S/C12H20N2OS/c1-8(2)6-11-14-9(3)12(16-11)10-7-13-4-5-15-10/h8,10,13H,4-7H2,1-3H3. The molecule has 2 rings (SSSR count). The van der Waals surface area contributed by atoms with E-state index in [-0.39, 0.29) is 6.10 Å². The van der Waals surface area contributed by atoms with Gasteiger partial charge < -0.3 is 10.1 Å². The van der Waals surface area contributed by atoms with E-state index < -0.39 is 0 Å². The van der Waals surface area contributed by atoms with Gasteiger partial charge in [-0.3, -0.25) is 0 Å². The maximum absolute atomic E-state index is 5.77. The molecule has 0 aliphatic carbocycles. The topological polar surface area (TPSA) is 34.2 Å². The van der Waals surface area contributed by atoms with E-state index in [1.54, 1.807) is 0 Å². The van der Waals surface area contributed by atoms with Gasteiger partial charge in [-0.15, -0.1) is 11.3 Å². The lowest BCUT2D eigenvalue weighted by Gasteiger charge is -2.22. The number of nitrogens with one attached hydrogen (secondary N) is 1. The molecule has 2 heterocycles. The Bertz CT molecular complexity index is 343. The number of thiazole rings is 1. The molecule has 1 fully saturated rings. The van der Waals surface area contributed by atoms with Crippen molar-refractivity contribution in [3.63, 3.8) is 0 Å². The molecule has 90 valence electrons. The van der Waals surface area contributed by atoms with Crippen molar-refractivity contribution in [1.82, 2.24) is 10.3 Å². The number of morpholine rings is 1. The maximum atomic E-state index is 5.77. The second kappa shape index (κ2) is 5.25. The number of hydrogen-bond acceptors (Lipinski definition) is 4. The van der Waals surface area contributed by atoms with Crippen LogP contribution in [0.15, 0.2) is 0 Å². The summed E-state index contributed by atoms with van der Waals surface area (Å²) in [6.07, 6.45) is 1.29. The molecule has 1 unspecified atom stereocenters. The molecule has 1 aliphatic heterocycles. The van der Waals surface area contributed by atoms with E-state index in [2.05, 4.69) is 31.1 Å². The van der Waals surface area contributed by atoms with Crippen LogP contribution in [0.3, 0.4) is 0 Å². The fraction of sp³-hybridized carbons (Fsp3) is 0.750. The van der Waals surface area contributed by atoms with Crippen molar-refractivity contribution in [1.29, 1.82) is 0 Å². The molecule has 0 aromatic carbocycles. The first-order valence-corrected chi connectivity index (χ1v) is 6.77. The average molecular weight is 240 g/mol. The molecule has 0 bridgehead atoms. The monoisotopic (exact) mass is 240 g/mol. The van der Waals surface area contributed by atoms with Gasteiger partial charge in [0.15, 0.2) is 0 Å². The van der Waals surface area contributed by atoms with Crippen molar-refractivity contribution < 1.29 is 4.74 Å². The zero-order chi connectivity index (χ0) is 11.5. The Morgan fingerprint density at radius 3 is 3.00 bits per heavy atom. The van der Waals surface area contributed by atoms with Crippen molar-refractivity contribution in [3.05, 3.63) is 15.6 Å². The lowest BCUT2D eigenvalue weighted by Crippen LogP contribution is -2.33. The highest BCUT2D eigenvalue weighted by molar-refractivity contribution is 7.11. The first kappa shape index (κ1) is 12.0. The summed E-state index contributed by atoms with van der Waals surface area (Å²) in [5.74, 6) is 0.670. The van der Waals surface area contributed by atoms with Gasteiger partial charge in [-0.25, -0.2) is 4.98 Å². The zero-order valence-electron chi connectivity index (χ0n) is 10.2. The largest absolute Gasteiger partial charge is 0.370 e. The van der Waals surface area contributed by atoms with Crippen LogP contribution in [0.25, 0.3) is 0 Å². The summed E-state index contributed by atoms with van der Waals surface area (Å²) < 4.78 is 5.77. The molecule has 1 aromatic heterocycles.